The topological polar surface area (TPSA) is 82.4 Å². The van der Waals surface area contributed by atoms with Gasteiger partial charge in [0.15, 0.2) is 5.79 Å². The molecule has 4 aromatic carbocycles. The molecule has 2 atom stereocenters. The minimum absolute atomic E-state index is 0. The maximum absolute atomic E-state index is 12.6. The Bertz CT molecular complexity index is 1470. The zero-order chi connectivity index (χ0) is 34.8. The van der Waals surface area contributed by atoms with Gasteiger partial charge in [0.25, 0.3) is 0 Å². The Morgan fingerprint density at radius 2 is 0.900 bits per heavy atom. The van der Waals surface area contributed by atoms with Gasteiger partial charge < -0.3 is 36.5 Å². The Morgan fingerprint density at radius 1 is 0.640 bits per heavy atom. The standard InChI is InChI=1S/C31H30O4.C9H21NOSi2.CH3.Ti/c1-29(2)34-27(30(32,23-15-7-3-8-16-23)24-17-9-4-10-18-24)28(35-29)31(33,25-19-11-5-12-20-25)26-21-13-6-14-22-26;1-9(11)8-10-12(2,3)6-7-13(10,4)5;;/h3-22,27-28,32-33H,1-2H3;8,11H,6-7H2,1-5H3;1H3;/q;;-1;/b;9-8+;;/t27-,28-;;;/m0.../s1. The number of ether oxygens (including phenoxy) is 2. The van der Waals surface area contributed by atoms with Gasteiger partial charge in [0.05, 0.1) is 0 Å². The predicted octanol–water partition coefficient (Wildman–Crippen LogP) is 8.96. The Hall–Kier alpha value is -2.79. The van der Waals surface area contributed by atoms with E-state index in [1.807, 2.05) is 141 Å². The molecule has 2 saturated heterocycles. The van der Waals surface area contributed by atoms with Crippen LogP contribution < -0.4 is 0 Å². The molecule has 0 bridgehead atoms. The molecular formula is C41H54NO5Si2Ti-. The summed E-state index contributed by atoms with van der Waals surface area (Å²) in [5, 5.41) is 34.5. The molecule has 6 nitrogen and oxygen atoms in total. The molecule has 2 heterocycles. The second-order valence-corrected chi connectivity index (χ2v) is 24.4. The van der Waals surface area contributed by atoms with Gasteiger partial charge in [0.1, 0.15) is 45.6 Å². The summed E-state index contributed by atoms with van der Waals surface area (Å²) in [4.78, 5) is 0. The van der Waals surface area contributed by atoms with Crippen LogP contribution in [0.4, 0.5) is 0 Å². The molecule has 4 aromatic rings. The third-order valence-corrected chi connectivity index (χ3v) is 19.7. The summed E-state index contributed by atoms with van der Waals surface area (Å²) >= 11 is 0. The summed E-state index contributed by atoms with van der Waals surface area (Å²) in [7, 11) is -2.42. The van der Waals surface area contributed by atoms with Gasteiger partial charge in [-0.05, 0) is 55.1 Å². The van der Waals surface area contributed by atoms with E-state index in [1.165, 1.54) is 12.1 Å². The van der Waals surface area contributed by atoms with E-state index in [1.54, 1.807) is 6.92 Å². The van der Waals surface area contributed by atoms with Crippen LogP contribution >= 0.6 is 0 Å². The predicted molar refractivity (Wildman–Crippen MR) is 205 cm³/mol. The molecule has 2 aliphatic rings. The molecule has 0 unspecified atom stereocenters. The zero-order valence-corrected chi connectivity index (χ0v) is 34.4. The number of nitrogens with zero attached hydrogens (tertiary/aromatic N) is 1. The van der Waals surface area contributed by atoms with Crippen LogP contribution in [0.2, 0.25) is 38.3 Å². The Labute approximate surface area is 316 Å². The van der Waals surface area contributed by atoms with Crippen molar-refractivity contribution >= 4 is 16.5 Å². The van der Waals surface area contributed by atoms with Crippen molar-refractivity contribution in [3.8, 4) is 0 Å². The van der Waals surface area contributed by atoms with E-state index in [2.05, 4.69) is 30.4 Å². The first kappa shape index (κ1) is 41.6. The summed E-state index contributed by atoms with van der Waals surface area (Å²) in [6.45, 7) is 15.0. The first-order chi connectivity index (χ1) is 22.6. The Kier molecular flexibility index (Phi) is 13.5. The van der Waals surface area contributed by atoms with Gasteiger partial charge in [-0.25, -0.2) is 0 Å². The van der Waals surface area contributed by atoms with Crippen LogP contribution in [-0.4, -0.2) is 54.0 Å². The molecule has 3 N–H and O–H groups in total. The van der Waals surface area contributed by atoms with Gasteiger partial charge in [-0.15, -0.1) is 0 Å². The first-order valence-electron chi connectivity index (χ1n) is 16.8. The van der Waals surface area contributed by atoms with Gasteiger partial charge >= 0.3 is 0 Å². The molecule has 50 heavy (non-hydrogen) atoms. The molecular weight excluding hydrogens is 690 g/mol. The minimum Gasteiger partial charge on any atom is -0.511 e. The van der Waals surface area contributed by atoms with Crippen LogP contribution in [0.5, 0.6) is 0 Å². The van der Waals surface area contributed by atoms with Crippen LogP contribution in [0.1, 0.15) is 43.0 Å². The number of aliphatic hydroxyl groups excluding tert-OH is 1. The van der Waals surface area contributed by atoms with Gasteiger partial charge in [0.2, 0.25) is 0 Å². The van der Waals surface area contributed by atoms with Gasteiger partial charge in [-0.3, -0.25) is 0 Å². The van der Waals surface area contributed by atoms with E-state index in [0.29, 0.717) is 28.0 Å². The molecule has 266 valence electrons. The van der Waals surface area contributed by atoms with Gasteiger partial charge in [-0.2, -0.15) is 0 Å². The summed E-state index contributed by atoms with van der Waals surface area (Å²) in [5.41, 5.74) is -0.564. The van der Waals surface area contributed by atoms with Crippen LogP contribution in [0.3, 0.4) is 0 Å². The summed E-state index contributed by atoms with van der Waals surface area (Å²) < 4.78 is 15.5. The molecule has 2 fully saturated rings. The smallest absolute Gasteiger partial charge is 0.164 e. The average molecular weight is 745 g/mol. The van der Waals surface area contributed by atoms with E-state index in [9.17, 15) is 15.3 Å². The van der Waals surface area contributed by atoms with E-state index in [0.717, 1.165) is 0 Å². The second-order valence-electron chi connectivity index (χ2n) is 14.7. The molecule has 0 radical (unpaired) electrons. The number of allylic oxidation sites excluding steroid dienone is 1. The third kappa shape index (κ3) is 8.46. The Balaban J connectivity index is 0.000000384. The number of benzene rings is 4. The van der Waals surface area contributed by atoms with Crippen molar-refractivity contribution in [2.45, 2.75) is 88.2 Å². The average Bonchev–Trinajstić information content (AvgIpc) is 3.53. The van der Waals surface area contributed by atoms with Crippen molar-refractivity contribution in [3.63, 3.8) is 0 Å². The minimum atomic E-state index is -1.60. The molecule has 0 amide bonds. The number of rotatable bonds is 7. The maximum atomic E-state index is 12.6. The van der Waals surface area contributed by atoms with E-state index in [4.69, 9.17) is 9.47 Å². The Morgan fingerprint density at radius 3 is 1.14 bits per heavy atom. The fraction of sp³-hybridized carbons (Fsp3) is 0.341. The van der Waals surface area contributed by atoms with Crippen LogP contribution in [-0.2, 0) is 42.4 Å². The number of aliphatic hydroxyl groups is 3. The molecule has 0 aromatic heterocycles. The summed E-state index contributed by atoms with van der Waals surface area (Å²) in [5.74, 6) is -0.590. The molecule has 0 spiro atoms. The van der Waals surface area contributed by atoms with Crippen molar-refractivity contribution in [2.24, 2.45) is 0 Å². The fourth-order valence-electron chi connectivity index (χ4n) is 7.34. The third-order valence-electron chi connectivity index (χ3n) is 9.74. The molecule has 6 rings (SSSR count). The van der Waals surface area contributed by atoms with E-state index < -0.39 is 45.7 Å². The zero-order valence-electron chi connectivity index (χ0n) is 30.8. The summed E-state index contributed by atoms with van der Waals surface area (Å²) in [6.07, 6.45) is 0.117. The number of hydrogen-bond acceptors (Lipinski definition) is 6. The normalized spacial score (nSPS) is 20.9. The molecule has 0 saturated carbocycles. The van der Waals surface area contributed by atoms with E-state index in [-0.39, 0.29) is 29.1 Å². The van der Waals surface area contributed by atoms with Gasteiger partial charge in [-0.1, -0.05) is 148 Å². The van der Waals surface area contributed by atoms with Crippen molar-refractivity contribution < 1.29 is 46.5 Å². The SMILES string of the molecule is C/C(O)=C\N1[Si](C)(C)CC[Si]1(C)C.CC1(C)O[C@H](C(O)(c2ccccc2)c2ccccc2)[C@@H](C(O)(c2ccccc2)c2ccccc2)O1.[CH3-].[Ti]. The largest absolute Gasteiger partial charge is 0.511 e. The maximum Gasteiger partial charge on any atom is 0.164 e. The molecule has 2 aliphatic heterocycles. The van der Waals surface area contributed by atoms with Crippen LogP contribution in [0.15, 0.2) is 133 Å². The van der Waals surface area contributed by atoms with Crippen LogP contribution in [0.25, 0.3) is 0 Å². The monoisotopic (exact) mass is 744 g/mol. The van der Waals surface area contributed by atoms with Crippen LogP contribution in [0, 0.1) is 7.43 Å². The molecule has 9 heteroatoms. The summed E-state index contributed by atoms with van der Waals surface area (Å²) in [6, 6.07) is 40.5. The van der Waals surface area contributed by atoms with E-state index >= 15 is 0 Å². The van der Waals surface area contributed by atoms with Gasteiger partial charge in [0, 0.05) is 27.9 Å². The van der Waals surface area contributed by atoms with Crippen molar-refractivity contribution in [3.05, 3.63) is 163 Å². The quantitative estimate of drug-likeness (QED) is 0.0997. The van der Waals surface area contributed by atoms with Crippen molar-refractivity contribution in [1.82, 2.24) is 4.23 Å². The first-order valence-corrected chi connectivity index (χ1v) is 23.1. The fourth-order valence-corrected chi connectivity index (χ4v) is 21.0. The van der Waals surface area contributed by atoms with Crippen molar-refractivity contribution in [2.75, 3.05) is 0 Å². The number of hydrogen-bond donors (Lipinski definition) is 3. The van der Waals surface area contributed by atoms with Crippen molar-refractivity contribution in [1.29, 1.82) is 0 Å². The molecule has 0 aliphatic carbocycles. The second kappa shape index (κ2) is 16.3.